The van der Waals surface area contributed by atoms with Crippen LogP contribution in [-0.2, 0) is 14.3 Å². The lowest BCUT2D eigenvalue weighted by Crippen LogP contribution is -2.52. The van der Waals surface area contributed by atoms with E-state index >= 15 is 0 Å². The molecular weight excluding hydrogens is 282 g/mol. The molecular formula is C16H31N3O3. The second kappa shape index (κ2) is 9.79. The largest absolute Gasteiger partial charge is 0.372 e. The third-order valence-corrected chi connectivity index (χ3v) is 3.61. The molecule has 1 rings (SSSR count). The van der Waals surface area contributed by atoms with Gasteiger partial charge in [-0.05, 0) is 33.2 Å². The molecule has 6 heteroatoms. The topological polar surface area (TPSA) is 61.9 Å². The van der Waals surface area contributed by atoms with E-state index in [9.17, 15) is 9.59 Å². The highest BCUT2D eigenvalue weighted by Gasteiger charge is 2.27. The van der Waals surface area contributed by atoms with E-state index in [-0.39, 0.29) is 30.6 Å². The third kappa shape index (κ3) is 6.75. The maximum absolute atomic E-state index is 12.5. The van der Waals surface area contributed by atoms with Gasteiger partial charge < -0.3 is 15.0 Å². The van der Waals surface area contributed by atoms with Crippen molar-refractivity contribution in [3.63, 3.8) is 0 Å². The van der Waals surface area contributed by atoms with Crippen molar-refractivity contribution in [2.24, 2.45) is 0 Å². The summed E-state index contributed by atoms with van der Waals surface area (Å²) < 4.78 is 5.66. The van der Waals surface area contributed by atoms with Gasteiger partial charge in [-0.15, -0.1) is 0 Å². The van der Waals surface area contributed by atoms with Crippen LogP contribution < -0.4 is 5.32 Å². The fourth-order valence-electron chi connectivity index (χ4n) is 2.73. The van der Waals surface area contributed by atoms with Crippen LogP contribution in [0.4, 0.5) is 0 Å². The van der Waals surface area contributed by atoms with Gasteiger partial charge in [0.05, 0.1) is 25.3 Å². The standard InChI is InChI=1S/C16H31N3O3/c1-5-7-17-15(20)11-18(8-6-2)12-16(21)19-9-13(3)22-14(4)10-19/h13-14H,5-12H2,1-4H3,(H,17,20). The van der Waals surface area contributed by atoms with Crippen molar-refractivity contribution in [1.29, 1.82) is 0 Å². The molecule has 1 fully saturated rings. The summed E-state index contributed by atoms with van der Waals surface area (Å²) in [4.78, 5) is 28.1. The molecule has 0 radical (unpaired) electrons. The Hall–Kier alpha value is -1.14. The summed E-state index contributed by atoms with van der Waals surface area (Å²) in [6, 6.07) is 0. The zero-order chi connectivity index (χ0) is 16.5. The van der Waals surface area contributed by atoms with Gasteiger partial charge in [-0.25, -0.2) is 0 Å². The van der Waals surface area contributed by atoms with Gasteiger partial charge in [0.2, 0.25) is 11.8 Å². The Morgan fingerprint density at radius 2 is 1.77 bits per heavy atom. The maximum atomic E-state index is 12.5. The van der Waals surface area contributed by atoms with Crippen LogP contribution >= 0.6 is 0 Å². The molecule has 2 amide bonds. The molecule has 0 aromatic heterocycles. The number of carbonyl (C=O) groups is 2. The number of morpholine rings is 1. The van der Waals surface area contributed by atoms with Gasteiger partial charge in [0.15, 0.2) is 0 Å². The first-order valence-electron chi connectivity index (χ1n) is 8.38. The van der Waals surface area contributed by atoms with E-state index < -0.39 is 0 Å². The molecule has 0 aromatic rings. The minimum atomic E-state index is -0.00758. The van der Waals surface area contributed by atoms with Crippen molar-refractivity contribution >= 4 is 11.8 Å². The third-order valence-electron chi connectivity index (χ3n) is 3.61. The lowest BCUT2D eigenvalue weighted by molar-refractivity contribution is -0.144. The number of ether oxygens (including phenoxy) is 1. The Morgan fingerprint density at radius 3 is 2.32 bits per heavy atom. The monoisotopic (exact) mass is 313 g/mol. The molecule has 1 N–H and O–H groups in total. The minimum Gasteiger partial charge on any atom is -0.372 e. The van der Waals surface area contributed by atoms with Crippen molar-refractivity contribution in [2.75, 3.05) is 39.3 Å². The molecule has 128 valence electrons. The molecule has 22 heavy (non-hydrogen) atoms. The fraction of sp³-hybridized carbons (Fsp3) is 0.875. The van der Waals surface area contributed by atoms with Crippen molar-refractivity contribution in [3.8, 4) is 0 Å². The molecule has 1 aliphatic rings. The van der Waals surface area contributed by atoms with Gasteiger partial charge in [-0.2, -0.15) is 0 Å². The minimum absolute atomic E-state index is 0.00758. The zero-order valence-electron chi connectivity index (χ0n) is 14.4. The van der Waals surface area contributed by atoms with E-state index in [0.717, 1.165) is 19.4 Å². The second-order valence-corrected chi connectivity index (χ2v) is 6.12. The van der Waals surface area contributed by atoms with Crippen molar-refractivity contribution in [1.82, 2.24) is 15.1 Å². The number of nitrogens with one attached hydrogen (secondary N) is 1. The van der Waals surface area contributed by atoms with E-state index in [1.807, 2.05) is 30.6 Å². The lowest BCUT2D eigenvalue weighted by Gasteiger charge is -2.36. The highest BCUT2D eigenvalue weighted by molar-refractivity contribution is 5.81. The molecule has 0 aliphatic carbocycles. The van der Waals surface area contributed by atoms with Gasteiger partial charge in [0.1, 0.15) is 0 Å². The predicted octanol–water partition coefficient (Wildman–Crippen LogP) is 0.860. The summed E-state index contributed by atoms with van der Waals surface area (Å²) in [5.74, 6) is 0.0746. The van der Waals surface area contributed by atoms with E-state index in [2.05, 4.69) is 12.2 Å². The Balaban J connectivity index is 2.50. The normalized spacial score (nSPS) is 22.0. The molecule has 6 nitrogen and oxygen atoms in total. The van der Waals surface area contributed by atoms with E-state index in [4.69, 9.17) is 4.74 Å². The SMILES string of the molecule is CCCNC(=O)CN(CCC)CC(=O)N1CC(C)OC(C)C1. The molecule has 2 unspecified atom stereocenters. The highest BCUT2D eigenvalue weighted by Crippen LogP contribution is 2.11. The van der Waals surface area contributed by atoms with Gasteiger partial charge in [0.25, 0.3) is 0 Å². The summed E-state index contributed by atoms with van der Waals surface area (Å²) in [5.41, 5.74) is 0. The molecule has 1 aliphatic heterocycles. The summed E-state index contributed by atoms with van der Waals surface area (Å²) in [6.45, 7) is 11.3. The number of rotatable bonds is 8. The van der Waals surface area contributed by atoms with Crippen LogP contribution in [0.2, 0.25) is 0 Å². The smallest absolute Gasteiger partial charge is 0.236 e. The lowest BCUT2D eigenvalue weighted by atomic mass is 10.2. The van der Waals surface area contributed by atoms with Crippen molar-refractivity contribution < 1.29 is 14.3 Å². The van der Waals surface area contributed by atoms with Crippen LogP contribution in [0.15, 0.2) is 0 Å². The average Bonchev–Trinajstić information content (AvgIpc) is 2.44. The first-order chi connectivity index (χ1) is 10.5. The molecule has 0 saturated carbocycles. The van der Waals surface area contributed by atoms with Crippen LogP contribution in [-0.4, -0.2) is 73.1 Å². The summed E-state index contributed by atoms with van der Waals surface area (Å²) >= 11 is 0. The molecule has 1 saturated heterocycles. The summed E-state index contributed by atoms with van der Waals surface area (Å²) in [6.07, 6.45) is 1.98. The zero-order valence-corrected chi connectivity index (χ0v) is 14.4. The first-order valence-corrected chi connectivity index (χ1v) is 8.38. The Kier molecular flexibility index (Phi) is 8.42. The highest BCUT2D eigenvalue weighted by atomic mass is 16.5. The molecule has 0 aromatic carbocycles. The summed E-state index contributed by atoms with van der Waals surface area (Å²) in [5, 5.41) is 2.86. The van der Waals surface area contributed by atoms with E-state index in [1.165, 1.54) is 0 Å². The Labute approximate surface area is 134 Å². The molecule has 0 bridgehead atoms. The van der Waals surface area contributed by atoms with Crippen molar-refractivity contribution in [2.45, 2.75) is 52.7 Å². The van der Waals surface area contributed by atoms with Crippen molar-refractivity contribution in [3.05, 3.63) is 0 Å². The quantitative estimate of drug-likeness (QED) is 0.722. The fourth-order valence-corrected chi connectivity index (χ4v) is 2.73. The number of hydrogen-bond acceptors (Lipinski definition) is 4. The number of amides is 2. The predicted molar refractivity (Wildman–Crippen MR) is 86.6 cm³/mol. The van der Waals surface area contributed by atoms with Gasteiger partial charge in [-0.3, -0.25) is 14.5 Å². The van der Waals surface area contributed by atoms with Crippen LogP contribution in [0.25, 0.3) is 0 Å². The van der Waals surface area contributed by atoms with Gasteiger partial charge in [-0.1, -0.05) is 13.8 Å². The van der Waals surface area contributed by atoms with Crippen LogP contribution in [0.5, 0.6) is 0 Å². The van der Waals surface area contributed by atoms with Crippen LogP contribution in [0.3, 0.4) is 0 Å². The average molecular weight is 313 g/mol. The second-order valence-electron chi connectivity index (χ2n) is 6.12. The number of hydrogen-bond donors (Lipinski definition) is 1. The first kappa shape index (κ1) is 18.9. The van der Waals surface area contributed by atoms with Crippen LogP contribution in [0.1, 0.15) is 40.5 Å². The number of nitrogens with zero attached hydrogens (tertiary/aromatic N) is 2. The number of carbonyl (C=O) groups excluding carboxylic acids is 2. The Morgan fingerprint density at radius 1 is 1.14 bits per heavy atom. The molecule has 1 heterocycles. The molecule has 0 spiro atoms. The molecule has 2 atom stereocenters. The van der Waals surface area contributed by atoms with E-state index in [1.54, 1.807) is 0 Å². The maximum Gasteiger partial charge on any atom is 0.236 e. The van der Waals surface area contributed by atoms with Gasteiger partial charge >= 0.3 is 0 Å². The van der Waals surface area contributed by atoms with Gasteiger partial charge in [0, 0.05) is 19.6 Å². The Bertz CT molecular complexity index is 353. The summed E-state index contributed by atoms with van der Waals surface area (Å²) in [7, 11) is 0. The van der Waals surface area contributed by atoms with E-state index in [0.29, 0.717) is 26.2 Å². The van der Waals surface area contributed by atoms with Crippen LogP contribution in [0, 0.1) is 0 Å².